The highest BCUT2D eigenvalue weighted by molar-refractivity contribution is 5.59. The van der Waals surface area contributed by atoms with Crippen molar-refractivity contribution in [1.82, 2.24) is 9.88 Å². The number of ether oxygens (including phenoxy) is 1. The second kappa shape index (κ2) is 9.02. The Kier molecular flexibility index (Phi) is 6.18. The highest BCUT2D eigenvalue weighted by Gasteiger charge is 2.32. The summed E-state index contributed by atoms with van der Waals surface area (Å²) in [6.45, 7) is 3.06. The molecule has 1 aromatic heterocycles. The molecule has 0 spiro atoms. The van der Waals surface area contributed by atoms with Crippen LogP contribution in [0.2, 0.25) is 0 Å². The molecule has 0 aliphatic carbocycles. The molecule has 1 unspecified atom stereocenters. The highest BCUT2D eigenvalue weighted by Crippen LogP contribution is 2.40. The maximum Gasteiger partial charge on any atom is 0.146 e. The summed E-state index contributed by atoms with van der Waals surface area (Å²) in [4.78, 5) is 8.47. The van der Waals surface area contributed by atoms with Crippen LogP contribution >= 0.6 is 0 Å². The maximum absolute atomic E-state index is 14.9. The lowest BCUT2D eigenvalue weighted by Gasteiger charge is -2.32. The summed E-state index contributed by atoms with van der Waals surface area (Å²) in [7, 11) is 3.51. The van der Waals surface area contributed by atoms with Crippen LogP contribution in [-0.4, -0.2) is 30.6 Å². The van der Waals surface area contributed by atoms with Gasteiger partial charge in [0, 0.05) is 30.4 Å². The monoisotopic (exact) mass is 423 g/mol. The minimum Gasteiger partial charge on any atom is -0.497 e. The average molecular weight is 424 g/mol. The third kappa shape index (κ3) is 4.39. The molecule has 1 saturated heterocycles. The van der Waals surface area contributed by atoms with Gasteiger partial charge in [-0.3, -0.25) is 4.90 Å². The number of hydrogen-bond donors (Lipinski definition) is 0. The standard InChI is InChI=1S/C25H27F2N3O/c1-17(18-6-12-21(31-3)13-7-18)30-14-4-5-24(30)22-15-25(28-16-23(22)27)29(2)20-10-8-19(26)9-11-20/h6-13,15-17,24H,4-5,14H2,1-3H3/t17-,24?/m1/s1. The molecule has 0 amide bonds. The molecule has 4 nitrogen and oxygen atoms in total. The lowest BCUT2D eigenvalue weighted by atomic mass is 10.0. The molecule has 1 aliphatic rings. The Morgan fingerprint density at radius 2 is 1.81 bits per heavy atom. The fraction of sp³-hybridized carbons (Fsp3) is 0.320. The zero-order valence-electron chi connectivity index (χ0n) is 18.1. The molecule has 2 aromatic carbocycles. The zero-order chi connectivity index (χ0) is 22.0. The van der Waals surface area contributed by atoms with E-state index < -0.39 is 0 Å². The molecular weight excluding hydrogens is 396 g/mol. The molecule has 2 heterocycles. The summed E-state index contributed by atoms with van der Waals surface area (Å²) in [5.41, 5.74) is 2.61. The van der Waals surface area contributed by atoms with Gasteiger partial charge in [-0.2, -0.15) is 0 Å². The number of methoxy groups -OCH3 is 1. The Balaban J connectivity index is 1.61. The number of nitrogens with zero attached hydrogens (tertiary/aromatic N) is 3. The van der Waals surface area contributed by atoms with E-state index in [1.807, 2.05) is 30.1 Å². The summed E-state index contributed by atoms with van der Waals surface area (Å²) in [6, 6.07) is 16.2. The largest absolute Gasteiger partial charge is 0.497 e. The van der Waals surface area contributed by atoms with Gasteiger partial charge in [0.25, 0.3) is 0 Å². The number of benzene rings is 2. The molecule has 1 aliphatic heterocycles. The Morgan fingerprint density at radius 1 is 1.10 bits per heavy atom. The van der Waals surface area contributed by atoms with Crippen molar-refractivity contribution in [2.75, 3.05) is 25.6 Å². The van der Waals surface area contributed by atoms with Gasteiger partial charge >= 0.3 is 0 Å². The van der Waals surface area contributed by atoms with Crippen molar-refractivity contribution in [3.63, 3.8) is 0 Å². The first-order valence-corrected chi connectivity index (χ1v) is 10.5. The fourth-order valence-corrected chi connectivity index (χ4v) is 4.34. The van der Waals surface area contributed by atoms with Crippen LogP contribution in [0.1, 0.15) is 43.0 Å². The molecular formula is C25H27F2N3O. The lowest BCUT2D eigenvalue weighted by molar-refractivity contribution is 0.190. The summed E-state index contributed by atoms with van der Waals surface area (Å²) in [6.07, 6.45) is 3.19. The zero-order valence-corrected chi connectivity index (χ0v) is 18.1. The van der Waals surface area contributed by atoms with Crippen molar-refractivity contribution in [2.45, 2.75) is 31.8 Å². The van der Waals surface area contributed by atoms with Crippen LogP contribution in [0.5, 0.6) is 5.75 Å². The number of anilines is 2. The van der Waals surface area contributed by atoms with E-state index in [1.165, 1.54) is 23.9 Å². The predicted molar refractivity (Wildman–Crippen MR) is 119 cm³/mol. The number of rotatable bonds is 6. The maximum atomic E-state index is 14.9. The van der Waals surface area contributed by atoms with Gasteiger partial charge in [-0.15, -0.1) is 0 Å². The number of likely N-dealkylation sites (tertiary alicyclic amines) is 1. The summed E-state index contributed by atoms with van der Waals surface area (Å²) < 4.78 is 33.4. The quantitative estimate of drug-likeness (QED) is 0.484. The van der Waals surface area contributed by atoms with Crippen LogP contribution in [0.3, 0.4) is 0 Å². The molecule has 0 N–H and O–H groups in total. The second-order valence-corrected chi connectivity index (χ2v) is 7.94. The Hall–Kier alpha value is -2.99. The first kappa shape index (κ1) is 21.2. The van der Waals surface area contributed by atoms with Crippen molar-refractivity contribution in [3.05, 3.63) is 83.6 Å². The average Bonchev–Trinajstić information content (AvgIpc) is 3.28. The Morgan fingerprint density at radius 3 is 2.48 bits per heavy atom. The molecule has 4 rings (SSSR count). The van der Waals surface area contributed by atoms with Crippen LogP contribution in [0, 0.1) is 11.6 Å². The van der Waals surface area contributed by atoms with Gasteiger partial charge < -0.3 is 9.64 Å². The van der Waals surface area contributed by atoms with Crippen molar-refractivity contribution in [3.8, 4) is 5.75 Å². The van der Waals surface area contributed by atoms with Gasteiger partial charge in [-0.25, -0.2) is 13.8 Å². The molecule has 3 aromatic rings. The molecule has 31 heavy (non-hydrogen) atoms. The van der Waals surface area contributed by atoms with Gasteiger partial charge in [0.05, 0.1) is 13.3 Å². The molecule has 162 valence electrons. The SMILES string of the molecule is COc1ccc([C@@H](C)N2CCCC2c2cc(N(C)c3ccc(F)cc3)ncc2F)cc1. The van der Waals surface area contributed by atoms with Crippen LogP contribution in [0.25, 0.3) is 0 Å². The first-order chi connectivity index (χ1) is 15.0. The van der Waals surface area contributed by atoms with E-state index in [2.05, 4.69) is 28.9 Å². The Bertz CT molecular complexity index is 1020. The molecule has 0 radical (unpaired) electrons. The topological polar surface area (TPSA) is 28.6 Å². The smallest absolute Gasteiger partial charge is 0.146 e. The van der Waals surface area contributed by atoms with Crippen LogP contribution < -0.4 is 9.64 Å². The lowest BCUT2D eigenvalue weighted by Crippen LogP contribution is -2.27. The number of pyridine rings is 1. The van der Waals surface area contributed by atoms with Crippen molar-refractivity contribution in [2.24, 2.45) is 0 Å². The number of aromatic nitrogens is 1. The van der Waals surface area contributed by atoms with Crippen LogP contribution in [0.4, 0.5) is 20.3 Å². The van der Waals surface area contributed by atoms with Crippen LogP contribution in [0.15, 0.2) is 60.8 Å². The van der Waals surface area contributed by atoms with Crippen molar-refractivity contribution >= 4 is 11.5 Å². The third-order valence-corrected chi connectivity index (χ3v) is 6.18. The first-order valence-electron chi connectivity index (χ1n) is 10.5. The van der Waals surface area contributed by atoms with Gasteiger partial charge in [0.2, 0.25) is 0 Å². The summed E-state index contributed by atoms with van der Waals surface area (Å²) in [5, 5.41) is 0. The summed E-state index contributed by atoms with van der Waals surface area (Å²) in [5.74, 6) is 0.864. The van der Waals surface area contributed by atoms with E-state index in [-0.39, 0.29) is 23.7 Å². The predicted octanol–water partition coefficient (Wildman–Crippen LogP) is 6.03. The van der Waals surface area contributed by atoms with Gasteiger partial charge in [-0.1, -0.05) is 12.1 Å². The molecule has 1 fully saturated rings. The van der Waals surface area contributed by atoms with Gasteiger partial charge in [0.1, 0.15) is 23.2 Å². The fourth-order valence-electron chi connectivity index (χ4n) is 4.34. The van der Waals surface area contributed by atoms with E-state index in [9.17, 15) is 8.78 Å². The minimum atomic E-state index is -0.296. The Labute approximate surface area is 182 Å². The number of hydrogen-bond acceptors (Lipinski definition) is 4. The third-order valence-electron chi connectivity index (χ3n) is 6.18. The van der Waals surface area contributed by atoms with Crippen LogP contribution in [-0.2, 0) is 0 Å². The van der Waals surface area contributed by atoms with E-state index in [4.69, 9.17) is 4.74 Å². The van der Waals surface area contributed by atoms with Crippen molar-refractivity contribution < 1.29 is 13.5 Å². The van der Waals surface area contributed by atoms with E-state index >= 15 is 0 Å². The molecule has 2 atom stereocenters. The number of halogens is 2. The van der Waals surface area contributed by atoms with Crippen molar-refractivity contribution in [1.29, 1.82) is 0 Å². The van der Waals surface area contributed by atoms with Gasteiger partial charge in [-0.05, 0) is 74.3 Å². The van der Waals surface area contributed by atoms with Gasteiger partial charge in [0.15, 0.2) is 0 Å². The van der Waals surface area contributed by atoms with E-state index in [0.29, 0.717) is 11.4 Å². The van der Waals surface area contributed by atoms with E-state index in [0.717, 1.165) is 30.8 Å². The minimum absolute atomic E-state index is 0.0273. The molecule has 0 saturated carbocycles. The summed E-state index contributed by atoms with van der Waals surface area (Å²) >= 11 is 0. The second-order valence-electron chi connectivity index (χ2n) is 7.94. The van der Waals surface area contributed by atoms with E-state index in [1.54, 1.807) is 19.2 Å². The molecule has 0 bridgehead atoms. The molecule has 6 heteroatoms. The highest BCUT2D eigenvalue weighted by atomic mass is 19.1. The normalized spacial score (nSPS) is 17.5.